The molecule has 0 aromatic heterocycles. The Kier molecular flexibility index (Phi) is 15.8. The van der Waals surface area contributed by atoms with Gasteiger partial charge < -0.3 is 14.2 Å². The molecule has 0 amide bonds. The lowest BCUT2D eigenvalue weighted by Gasteiger charge is -2.50. The van der Waals surface area contributed by atoms with E-state index in [0.29, 0.717) is 30.8 Å². The second-order valence-electron chi connectivity index (χ2n) is 15.2. The van der Waals surface area contributed by atoms with Gasteiger partial charge in [0.1, 0.15) is 5.75 Å². The van der Waals surface area contributed by atoms with E-state index in [-0.39, 0.29) is 18.1 Å². The summed E-state index contributed by atoms with van der Waals surface area (Å²) in [4.78, 5) is 0. The van der Waals surface area contributed by atoms with Crippen LogP contribution in [0.15, 0.2) is 18.2 Å². The molecular formula is C38H55F9O3S2. The van der Waals surface area contributed by atoms with E-state index in [1.54, 1.807) is 0 Å². The first-order valence-electron chi connectivity index (χ1n) is 18.9. The van der Waals surface area contributed by atoms with Crippen LogP contribution in [0.25, 0.3) is 0 Å². The maximum Gasteiger partial charge on any atom is 0.435 e. The molecule has 3 nitrogen and oxygen atoms in total. The Labute approximate surface area is 311 Å². The molecule has 0 aliphatic heterocycles. The fourth-order valence-electron chi connectivity index (χ4n) is 8.95. The van der Waals surface area contributed by atoms with Crippen molar-refractivity contribution in [2.24, 2.45) is 23.2 Å². The SMILES string of the molecule is CCCCC(C)CCCCCSSCCOc1ccc2c(c1)CCC1C2CCC2(C)C(OCCCOC(C(F)(F)F)(C(F)(F)F)C(F)(F)F)CCC12. The fraction of sp³-hybridized carbons (Fsp3) is 0.842. The van der Waals surface area contributed by atoms with Crippen LogP contribution in [0.1, 0.15) is 121 Å². The molecule has 1 aromatic carbocycles. The molecule has 300 valence electrons. The molecule has 3 aliphatic carbocycles. The van der Waals surface area contributed by atoms with Gasteiger partial charge in [0.2, 0.25) is 0 Å². The van der Waals surface area contributed by atoms with Crippen molar-refractivity contribution in [3.8, 4) is 5.75 Å². The number of fused-ring (bicyclic) bond motifs is 5. The topological polar surface area (TPSA) is 27.7 Å². The summed E-state index contributed by atoms with van der Waals surface area (Å²) in [5.41, 5.74) is -3.83. The van der Waals surface area contributed by atoms with Crippen LogP contribution in [0.3, 0.4) is 0 Å². The Hall–Kier alpha value is -0.990. The highest BCUT2D eigenvalue weighted by Crippen LogP contribution is 2.62. The van der Waals surface area contributed by atoms with Gasteiger partial charge in [0, 0.05) is 18.1 Å². The smallest absolute Gasteiger partial charge is 0.435 e. The molecule has 52 heavy (non-hydrogen) atoms. The zero-order valence-electron chi connectivity index (χ0n) is 30.5. The van der Waals surface area contributed by atoms with E-state index in [1.807, 2.05) is 21.6 Å². The van der Waals surface area contributed by atoms with Crippen molar-refractivity contribution in [2.75, 3.05) is 31.3 Å². The lowest BCUT2D eigenvalue weighted by atomic mass is 9.55. The van der Waals surface area contributed by atoms with E-state index in [1.165, 1.54) is 61.8 Å². The number of aryl methyl sites for hydroxylation is 1. The number of halogens is 9. The summed E-state index contributed by atoms with van der Waals surface area (Å²) in [6.45, 7) is 5.69. The molecule has 0 saturated heterocycles. The fourth-order valence-corrected chi connectivity index (χ4v) is 10.9. The summed E-state index contributed by atoms with van der Waals surface area (Å²) in [5, 5.41) is 0. The largest absolute Gasteiger partial charge is 0.493 e. The molecule has 2 saturated carbocycles. The quantitative estimate of drug-likeness (QED) is 0.0745. The second kappa shape index (κ2) is 18.8. The number of hydrogen-bond donors (Lipinski definition) is 0. The summed E-state index contributed by atoms with van der Waals surface area (Å²) in [6.07, 6.45) is -6.60. The minimum Gasteiger partial charge on any atom is -0.493 e. The molecule has 0 N–H and O–H groups in total. The maximum absolute atomic E-state index is 13.2. The standard InChI is InChI=1S/C38H55F9O3S2/c1-4-5-10-26(2)11-7-6-8-23-51-52-24-22-48-28-13-15-29-27(25-28)12-14-31-30(29)18-19-34(3)32(31)16-17-33(34)49-20-9-21-50-35(36(39,40)41,37(42,43)44)38(45,46)47/h13,15,25-26,30-33H,4-12,14,16-24H2,1-3H3. The van der Waals surface area contributed by atoms with Crippen LogP contribution < -0.4 is 4.74 Å². The molecule has 1 aromatic rings. The molecule has 14 heteroatoms. The Balaban J connectivity index is 1.19. The molecule has 0 radical (unpaired) electrons. The summed E-state index contributed by atoms with van der Waals surface area (Å²) in [6, 6.07) is 6.43. The summed E-state index contributed by atoms with van der Waals surface area (Å²) in [5.74, 6) is 4.94. The Morgan fingerprint density at radius 3 is 2.17 bits per heavy atom. The van der Waals surface area contributed by atoms with Crippen LogP contribution >= 0.6 is 21.6 Å². The van der Waals surface area contributed by atoms with Gasteiger partial charge in [0.05, 0.1) is 19.3 Å². The first-order valence-corrected chi connectivity index (χ1v) is 21.4. The molecule has 0 bridgehead atoms. The summed E-state index contributed by atoms with van der Waals surface area (Å²) >= 11 is 0. The molecule has 0 heterocycles. The van der Waals surface area contributed by atoms with Gasteiger partial charge in [-0.15, -0.1) is 0 Å². The number of alkyl halides is 9. The first kappa shape index (κ1) is 43.7. The van der Waals surface area contributed by atoms with Crippen LogP contribution in [-0.4, -0.2) is 61.6 Å². The van der Waals surface area contributed by atoms with E-state index in [9.17, 15) is 39.5 Å². The van der Waals surface area contributed by atoms with Crippen molar-refractivity contribution in [1.82, 2.24) is 0 Å². The van der Waals surface area contributed by atoms with Gasteiger partial charge in [-0.05, 0) is 104 Å². The predicted molar refractivity (Wildman–Crippen MR) is 190 cm³/mol. The van der Waals surface area contributed by atoms with Gasteiger partial charge in [0.25, 0.3) is 0 Å². The Bertz CT molecular complexity index is 1210. The third-order valence-corrected chi connectivity index (χ3v) is 14.2. The third-order valence-electron chi connectivity index (χ3n) is 11.7. The minimum atomic E-state index is -6.73. The van der Waals surface area contributed by atoms with Crippen molar-refractivity contribution in [3.05, 3.63) is 29.3 Å². The van der Waals surface area contributed by atoms with E-state index in [2.05, 4.69) is 43.7 Å². The zero-order chi connectivity index (χ0) is 38.2. The van der Waals surface area contributed by atoms with Gasteiger partial charge in [-0.3, -0.25) is 0 Å². The van der Waals surface area contributed by atoms with Gasteiger partial charge in [0.15, 0.2) is 0 Å². The van der Waals surface area contributed by atoms with Crippen molar-refractivity contribution in [3.63, 3.8) is 0 Å². The van der Waals surface area contributed by atoms with Gasteiger partial charge in [-0.25, -0.2) is 0 Å². The lowest BCUT2D eigenvalue weighted by Crippen LogP contribution is -2.67. The van der Waals surface area contributed by atoms with Crippen molar-refractivity contribution >= 4 is 21.6 Å². The van der Waals surface area contributed by atoms with E-state index in [4.69, 9.17) is 9.47 Å². The van der Waals surface area contributed by atoms with Gasteiger partial charge >= 0.3 is 24.1 Å². The first-order chi connectivity index (χ1) is 24.5. The Morgan fingerprint density at radius 1 is 0.788 bits per heavy atom. The van der Waals surface area contributed by atoms with Gasteiger partial charge in [-0.1, -0.05) is 87.0 Å². The predicted octanol–water partition coefficient (Wildman–Crippen LogP) is 12.9. The third kappa shape index (κ3) is 10.2. The highest BCUT2D eigenvalue weighted by Gasteiger charge is 2.85. The normalized spacial score (nSPS) is 25.8. The van der Waals surface area contributed by atoms with Crippen molar-refractivity contribution in [1.29, 1.82) is 0 Å². The molecule has 2 fully saturated rings. The number of ether oxygens (including phenoxy) is 3. The van der Waals surface area contributed by atoms with Crippen LogP contribution in [0.2, 0.25) is 0 Å². The average molecular weight is 795 g/mol. The molecule has 3 aliphatic rings. The molecule has 0 spiro atoms. The number of unbranched alkanes of at least 4 members (excludes halogenated alkanes) is 3. The van der Waals surface area contributed by atoms with Crippen molar-refractivity contribution < 1.29 is 53.7 Å². The summed E-state index contributed by atoms with van der Waals surface area (Å²) in [7, 11) is 3.79. The zero-order valence-corrected chi connectivity index (χ0v) is 32.1. The monoisotopic (exact) mass is 794 g/mol. The maximum atomic E-state index is 13.2. The molecule has 6 unspecified atom stereocenters. The molecule has 6 atom stereocenters. The van der Waals surface area contributed by atoms with Crippen LogP contribution in [0.5, 0.6) is 5.75 Å². The summed E-state index contributed by atoms with van der Waals surface area (Å²) < 4.78 is 134. The number of rotatable bonds is 20. The van der Waals surface area contributed by atoms with E-state index >= 15 is 0 Å². The lowest BCUT2D eigenvalue weighted by molar-refractivity contribution is -0.457. The van der Waals surface area contributed by atoms with Crippen LogP contribution in [0.4, 0.5) is 39.5 Å². The number of hydrogen-bond acceptors (Lipinski definition) is 5. The second-order valence-corrected chi connectivity index (χ2v) is 17.9. The number of benzene rings is 1. The highest BCUT2D eigenvalue weighted by molar-refractivity contribution is 8.76. The Morgan fingerprint density at radius 2 is 1.48 bits per heavy atom. The van der Waals surface area contributed by atoms with Crippen molar-refractivity contribution in [2.45, 2.75) is 147 Å². The van der Waals surface area contributed by atoms with E-state index in [0.717, 1.165) is 49.5 Å². The van der Waals surface area contributed by atoms with E-state index < -0.39 is 37.2 Å². The minimum absolute atomic E-state index is 0.237. The molecule has 4 rings (SSSR count). The highest BCUT2D eigenvalue weighted by atomic mass is 33.1. The average Bonchev–Trinajstić information content (AvgIpc) is 3.40. The van der Waals surface area contributed by atoms with Crippen LogP contribution in [-0.2, 0) is 15.9 Å². The molecular weight excluding hydrogens is 740 g/mol. The van der Waals surface area contributed by atoms with Crippen LogP contribution in [0, 0.1) is 23.2 Å². The van der Waals surface area contributed by atoms with Gasteiger partial charge in [-0.2, -0.15) is 39.5 Å².